The van der Waals surface area contributed by atoms with E-state index in [-0.39, 0.29) is 12.5 Å². The van der Waals surface area contributed by atoms with E-state index in [9.17, 15) is 24.3 Å². The van der Waals surface area contributed by atoms with E-state index in [1.807, 2.05) is 6.08 Å². The van der Waals surface area contributed by atoms with E-state index in [2.05, 4.69) is 5.32 Å². The van der Waals surface area contributed by atoms with Crippen LogP contribution in [0, 0.1) is 0 Å². The number of Topliss-reactive ketones (excluding diaryl/α,β-unsaturated/α-hetero) is 1. The number of nitrogens with zero attached hydrogens (tertiary/aromatic N) is 1. The van der Waals surface area contributed by atoms with Crippen molar-refractivity contribution in [3.63, 3.8) is 0 Å². The Morgan fingerprint density at radius 2 is 1.96 bits per heavy atom. The maximum atomic E-state index is 12.8. The third-order valence-corrected chi connectivity index (χ3v) is 5.41. The van der Waals surface area contributed by atoms with Crippen LogP contribution in [0.3, 0.4) is 0 Å². The molecule has 3 atom stereocenters. The zero-order valence-electron chi connectivity index (χ0n) is 13.4. The second kappa shape index (κ2) is 7.18. The quantitative estimate of drug-likeness (QED) is 0.476. The molecule has 1 fully saturated rings. The number of hydrogen-bond donors (Lipinski definition) is 2. The van der Waals surface area contributed by atoms with Gasteiger partial charge in [0.1, 0.15) is 12.1 Å². The fourth-order valence-corrected chi connectivity index (χ4v) is 3.98. The fraction of sp³-hybridized carbons (Fsp3) is 0.412. The minimum Gasteiger partial charge on any atom is -0.480 e. The molecule has 2 N–H and O–H groups in total. The lowest BCUT2D eigenvalue weighted by molar-refractivity contribution is -0.150. The van der Waals surface area contributed by atoms with E-state index in [0.29, 0.717) is 24.1 Å². The first-order chi connectivity index (χ1) is 12.0. The van der Waals surface area contributed by atoms with E-state index < -0.39 is 35.7 Å². The van der Waals surface area contributed by atoms with E-state index >= 15 is 0 Å². The minimum absolute atomic E-state index is 0.183. The van der Waals surface area contributed by atoms with Crippen LogP contribution in [0.2, 0.25) is 0 Å². The number of carbonyl (C=O) groups is 4. The Balaban J connectivity index is 1.78. The van der Waals surface area contributed by atoms with Gasteiger partial charge < -0.3 is 15.3 Å². The normalized spacial score (nSPS) is 27.1. The van der Waals surface area contributed by atoms with Crippen molar-refractivity contribution < 1.29 is 24.3 Å². The fourth-order valence-electron chi connectivity index (χ4n) is 3.32. The number of rotatable bonds is 4. The predicted molar refractivity (Wildman–Crippen MR) is 90.2 cm³/mol. The van der Waals surface area contributed by atoms with Crippen molar-refractivity contribution >= 4 is 34.9 Å². The van der Waals surface area contributed by atoms with Gasteiger partial charge in [0.2, 0.25) is 5.91 Å². The number of carboxylic acids is 1. The number of fused-ring (bicyclic) bond motifs is 1. The van der Waals surface area contributed by atoms with Gasteiger partial charge in [0.15, 0.2) is 0 Å². The third-order valence-electron chi connectivity index (χ3n) is 4.54. The smallest absolute Gasteiger partial charge is 0.326 e. The second-order valence-electron chi connectivity index (χ2n) is 6.11. The monoisotopic (exact) mass is 362 g/mol. The number of hydrogen-bond acceptors (Lipinski definition) is 5. The number of aliphatic carboxylic acids is 1. The first-order valence-corrected chi connectivity index (χ1v) is 8.95. The molecule has 0 aromatic carbocycles. The molecule has 0 saturated carbocycles. The maximum absolute atomic E-state index is 12.8. The van der Waals surface area contributed by atoms with Gasteiger partial charge in [0, 0.05) is 6.04 Å². The molecule has 1 aromatic heterocycles. The third kappa shape index (κ3) is 3.48. The topological polar surface area (TPSA) is 104 Å². The highest BCUT2D eigenvalue weighted by molar-refractivity contribution is 7.13. The molecule has 3 heterocycles. The largest absolute Gasteiger partial charge is 0.480 e. The van der Waals surface area contributed by atoms with Crippen LogP contribution in [0.5, 0.6) is 0 Å². The Labute approximate surface area is 148 Å². The van der Waals surface area contributed by atoms with Crippen LogP contribution in [0.15, 0.2) is 29.7 Å². The lowest BCUT2D eigenvalue weighted by atomic mass is 10.0. The van der Waals surface area contributed by atoms with Crippen LogP contribution in [-0.4, -0.2) is 51.7 Å². The van der Waals surface area contributed by atoms with Gasteiger partial charge in [-0.1, -0.05) is 18.2 Å². The molecule has 2 aliphatic rings. The van der Waals surface area contributed by atoms with Crippen molar-refractivity contribution in [1.29, 1.82) is 0 Å². The summed E-state index contributed by atoms with van der Waals surface area (Å²) in [5, 5.41) is 13.5. The Hall–Kier alpha value is -2.48. The van der Waals surface area contributed by atoms with Crippen molar-refractivity contribution in [2.24, 2.45) is 0 Å². The molecule has 25 heavy (non-hydrogen) atoms. The molecule has 8 heteroatoms. The number of carbonyl (C=O) groups excluding carboxylic acids is 3. The SMILES string of the molecule is O=C(N[C@H]1C/C=C\C[C@@H]2CC[C@@H](C(=O)O)N2C1=O)C(=O)c1cccs1. The van der Waals surface area contributed by atoms with Gasteiger partial charge in [-0.2, -0.15) is 0 Å². The van der Waals surface area contributed by atoms with Crippen LogP contribution in [0.4, 0.5) is 0 Å². The molecule has 0 unspecified atom stereocenters. The first-order valence-electron chi connectivity index (χ1n) is 8.07. The first kappa shape index (κ1) is 17.3. The predicted octanol–water partition coefficient (Wildman–Crippen LogP) is 1.21. The van der Waals surface area contributed by atoms with Crippen LogP contribution in [0.1, 0.15) is 35.4 Å². The summed E-state index contributed by atoms with van der Waals surface area (Å²) in [6.45, 7) is 0. The Kier molecular flexibility index (Phi) is 4.98. The van der Waals surface area contributed by atoms with Crippen molar-refractivity contribution in [3.8, 4) is 0 Å². The summed E-state index contributed by atoms with van der Waals surface area (Å²) in [5.74, 6) is -3.02. The summed E-state index contributed by atoms with van der Waals surface area (Å²) in [6, 6.07) is 1.22. The number of carboxylic acid groups (broad SMARTS) is 1. The molecule has 0 bridgehead atoms. The average Bonchev–Trinajstić information content (AvgIpc) is 3.24. The molecule has 1 aromatic rings. The van der Waals surface area contributed by atoms with Crippen molar-refractivity contribution in [1.82, 2.24) is 10.2 Å². The van der Waals surface area contributed by atoms with Gasteiger partial charge in [-0.05, 0) is 37.1 Å². The highest BCUT2D eigenvalue weighted by Gasteiger charge is 2.43. The minimum atomic E-state index is -1.04. The van der Waals surface area contributed by atoms with Crippen LogP contribution in [-0.2, 0) is 14.4 Å². The summed E-state index contributed by atoms with van der Waals surface area (Å²) in [6.07, 6.45) is 5.54. The number of amides is 2. The van der Waals surface area contributed by atoms with Crippen molar-refractivity contribution in [2.45, 2.75) is 43.8 Å². The number of ketones is 1. The van der Waals surface area contributed by atoms with Crippen LogP contribution >= 0.6 is 11.3 Å². The molecular formula is C17H18N2O5S. The molecule has 2 amide bonds. The van der Waals surface area contributed by atoms with Crippen molar-refractivity contribution in [2.75, 3.05) is 0 Å². The second-order valence-corrected chi connectivity index (χ2v) is 7.05. The summed E-state index contributed by atoms with van der Waals surface area (Å²) >= 11 is 1.15. The molecule has 1 saturated heterocycles. The van der Waals surface area contributed by atoms with Crippen LogP contribution in [0.25, 0.3) is 0 Å². The highest BCUT2D eigenvalue weighted by atomic mass is 32.1. The van der Waals surface area contributed by atoms with Gasteiger partial charge in [-0.15, -0.1) is 11.3 Å². The highest BCUT2D eigenvalue weighted by Crippen LogP contribution is 2.29. The summed E-state index contributed by atoms with van der Waals surface area (Å²) in [4.78, 5) is 50.2. The zero-order valence-corrected chi connectivity index (χ0v) is 14.2. The summed E-state index contributed by atoms with van der Waals surface area (Å²) in [7, 11) is 0. The van der Waals surface area contributed by atoms with Gasteiger partial charge in [0.05, 0.1) is 4.88 Å². The molecule has 0 radical (unpaired) electrons. The lowest BCUT2D eigenvalue weighted by Gasteiger charge is -2.32. The van der Waals surface area contributed by atoms with E-state index in [1.54, 1.807) is 23.6 Å². The Morgan fingerprint density at radius 1 is 1.20 bits per heavy atom. The molecule has 132 valence electrons. The molecule has 7 nitrogen and oxygen atoms in total. The Bertz CT molecular complexity index is 727. The van der Waals surface area contributed by atoms with E-state index in [4.69, 9.17) is 0 Å². The standard InChI is InChI=1S/C17H18N2O5S/c20-14(13-6-3-9-25-13)15(21)18-11-5-2-1-4-10-7-8-12(17(23)24)19(10)16(11)22/h1-3,6,9-12H,4-5,7-8H2,(H,18,21)(H,23,24)/b2-1-/t10-,11+,12+/m1/s1. The molecule has 0 aliphatic carbocycles. The van der Waals surface area contributed by atoms with Gasteiger partial charge in [-0.25, -0.2) is 4.79 Å². The zero-order chi connectivity index (χ0) is 18.0. The lowest BCUT2D eigenvalue weighted by Crippen LogP contribution is -2.55. The van der Waals surface area contributed by atoms with Gasteiger partial charge in [-0.3, -0.25) is 14.4 Å². The van der Waals surface area contributed by atoms with Crippen molar-refractivity contribution in [3.05, 3.63) is 34.5 Å². The molecular weight excluding hydrogens is 344 g/mol. The maximum Gasteiger partial charge on any atom is 0.326 e. The molecule has 0 spiro atoms. The Morgan fingerprint density at radius 3 is 2.64 bits per heavy atom. The van der Waals surface area contributed by atoms with Gasteiger partial charge >= 0.3 is 5.97 Å². The molecule has 2 aliphatic heterocycles. The molecule has 3 rings (SSSR count). The van der Waals surface area contributed by atoms with E-state index in [0.717, 1.165) is 11.3 Å². The van der Waals surface area contributed by atoms with E-state index in [1.165, 1.54) is 4.90 Å². The summed E-state index contributed by atoms with van der Waals surface area (Å²) in [5.41, 5.74) is 0. The number of thiophene rings is 1. The summed E-state index contributed by atoms with van der Waals surface area (Å²) < 4.78 is 0. The average molecular weight is 362 g/mol. The number of nitrogens with one attached hydrogen (secondary N) is 1. The van der Waals surface area contributed by atoms with Gasteiger partial charge in [0.25, 0.3) is 11.7 Å². The van der Waals surface area contributed by atoms with Crippen LogP contribution < -0.4 is 5.32 Å².